The van der Waals surface area contributed by atoms with E-state index in [2.05, 4.69) is 23.4 Å². The van der Waals surface area contributed by atoms with Crippen molar-refractivity contribution in [2.45, 2.75) is 45.7 Å². The molecule has 78 valence electrons. The van der Waals surface area contributed by atoms with E-state index in [0.29, 0.717) is 12.0 Å². The summed E-state index contributed by atoms with van der Waals surface area (Å²) in [7, 11) is 0. The molecule has 1 aliphatic heterocycles. The van der Waals surface area contributed by atoms with Gasteiger partial charge in [0, 0.05) is 30.9 Å². The number of fused-ring (bicyclic) bond motifs is 1. The van der Waals surface area contributed by atoms with E-state index in [9.17, 15) is 0 Å². The minimum absolute atomic E-state index is 0.322. The van der Waals surface area contributed by atoms with Crippen LogP contribution in [0.15, 0.2) is 6.20 Å². The van der Waals surface area contributed by atoms with Crippen LogP contribution in [0.4, 0.5) is 0 Å². The number of rotatable bonds is 2. The number of imidazole rings is 1. The lowest BCUT2D eigenvalue weighted by Crippen LogP contribution is -2.32. The minimum atomic E-state index is 0.322. The summed E-state index contributed by atoms with van der Waals surface area (Å²) in [5, 5.41) is 0. The van der Waals surface area contributed by atoms with Crippen molar-refractivity contribution in [3.63, 3.8) is 0 Å². The van der Waals surface area contributed by atoms with E-state index in [-0.39, 0.29) is 0 Å². The van der Waals surface area contributed by atoms with Crippen molar-refractivity contribution in [1.82, 2.24) is 9.55 Å². The molecule has 0 bridgehead atoms. The highest BCUT2D eigenvalue weighted by atomic mass is 15.1. The predicted octanol–water partition coefficient (Wildman–Crippen LogP) is 1.36. The summed E-state index contributed by atoms with van der Waals surface area (Å²) in [4.78, 5) is 4.48. The number of aryl methyl sites for hydroxylation is 1. The van der Waals surface area contributed by atoms with Crippen molar-refractivity contribution < 1.29 is 0 Å². The molecule has 0 radical (unpaired) electrons. The zero-order chi connectivity index (χ0) is 10.1. The molecule has 1 aromatic heterocycles. The van der Waals surface area contributed by atoms with Crippen LogP contribution >= 0.6 is 0 Å². The topological polar surface area (TPSA) is 43.8 Å². The molecule has 0 saturated heterocycles. The third kappa shape index (κ3) is 1.82. The average Bonchev–Trinajstić information content (AvgIpc) is 2.47. The number of nitrogens with two attached hydrogens (primary N) is 1. The molecule has 0 aliphatic carbocycles. The Morgan fingerprint density at radius 3 is 3.14 bits per heavy atom. The average molecular weight is 193 g/mol. The predicted molar refractivity (Wildman–Crippen MR) is 57.1 cm³/mol. The highest BCUT2D eigenvalue weighted by Gasteiger charge is 2.18. The van der Waals surface area contributed by atoms with E-state index in [4.69, 9.17) is 5.73 Å². The summed E-state index contributed by atoms with van der Waals surface area (Å²) in [6.45, 7) is 5.41. The first-order valence-corrected chi connectivity index (χ1v) is 5.45. The third-order valence-corrected chi connectivity index (χ3v) is 2.80. The SMILES string of the molecule is CC(C)Cc1ncc2n1CC(N)CC2. The first-order chi connectivity index (χ1) is 6.66. The van der Waals surface area contributed by atoms with Crippen LogP contribution < -0.4 is 5.73 Å². The van der Waals surface area contributed by atoms with Gasteiger partial charge in [0.2, 0.25) is 0 Å². The highest BCUT2D eigenvalue weighted by Crippen LogP contribution is 2.17. The van der Waals surface area contributed by atoms with Gasteiger partial charge in [0.25, 0.3) is 0 Å². The fourth-order valence-electron chi connectivity index (χ4n) is 2.06. The Morgan fingerprint density at radius 2 is 2.43 bits per heavy atom. The monoisotopic (exact) mass is 193 g/mol. The molecular weight excluding hydrogens is 174 g/mol. The summed E-state index contributed by atoms with van der Waals surface area (Å²) < 4.78 is 2.31. The Bertz CT molecular complexity index is 314. The summed E-state index contributed by atoms with van der Waals surface area (Å²) in [6, 6.07) is 0.322. The van der Waals surface area contributed by atoms with E-state index in [1.54, 1.807) is 0 Å². The van der Waals surface area contributed by atoms with Gasteiger partial charge in [-0.1, -0.05) is 13.8 Å². The molecule has 14 heavy (non-hydrogen) atoms. The minimum Gasteiger partial charge on any atom is -0.330 e. The summed E-state index contributed by atoms with van der Waals surface area (Å²) in [6.07, 6.45) is 5.27. The van der Waals surface area contributed by atoms with Crippen LogP contribution in [0.5, 0.6) is 0 Å². The molecule has 2 heterocycles. The van der Waals surface area contributed by atoms with Crippen LogP contribution in [0.25, 0.3) is 0 Å². The van der Waals surface area contributed by atoms with Crippen molar-refractivity contribution in [3.8, 4) is 0 Å². The first kappa shape index (κ1) is 9.71. The van der Waals surface area contributed by atoms with Crippen LogP contribution in [0, 0.1) is 5.92 Å². The zero-order valence-electron chi connectivity index (χ0n) is 9.03. The number of nitrogens with zero attached hydrogens (tertiary/aromatic N) is 2. The fraction of sp³-hybridized carbons (Fsp3) is 0.727. The van der Waals surface area contributed by atoms with Crippen LogP contribution in [0.1, 0.15) is 31.8 Å². The third-order valence-electron chi connectivity index (χ3n) is 2.80. The molecule has 0 spiro atoms. The first-order valence-electron chi connectivity index (χ1n) is 5.45. The molecule has 0 saturated carbocycles. The molecule has 1 aliphatic rings. The summed E-state index contributed by atoms with van der Waals surface area (Å²) in [5.41, 5.74) is 7.32. The van der Waals surface area contributed by atoms with Crippen molar-refractivity contribution in [2.75, 3.05) is 0 Å². The van der Waals surface area contributed by atoms with Crippen molar-refractivity contribution in [1.29, 1.82) is 0 Å². The van der Waals surface area contributed by atoms with Crippen molar-refractivity contribution in [3.05, 3.63) is 17.7 Å². The molecule has 2 rings (SSSR count). The molecule has 3 nitrogen and oxygen atoms in total. The molecular formula is C11H19N3. The van der Waals surface area contributed by atoms with Gasteiger partial charge < -0.3 is 10.3 Å². The number of hydrogen-bond donors (Lipinski definition) is 1. The zero-order valence-corrected chi connectivity index (χ0v) is 9.03. The smallest absolute Gasteiger partial charge is 0.109 e. The Hall–Kier alpha value is -0.830. The molecule has 0 amide bonds. The van der Waals surface area contributed by atoms with E-state index in [1.165, 1.54) is 11.5 Å². The Balaban J connectivity index is 2.22. The largest absolute Gasteiger partial charge is 0.330 e. The maximum Gasteiger partial charge on any atom is 0.109 e. The summed E-state index contributed by atoms with van der Waals surface area (Å²) >= 11 is 0. The molecule has 2 N–H and O–H groups in total. The molecule has 1 atom stereocenters. The van der Waals surface area contributed by atoms with E-state index in [1.807, 2.05) is 6.20 Å². The van der Waals surface area contributed by atoms with Crippen LogP contribution in [0.2, 0.25) is 0 Å². The molecule has 1 unspecified atom stereocenters. The van der Waals surface area contributed by atoms with Gasteiger partial charge in [-0.25, -0.2) is 4.98 Å². The Kier molecular flexibility index (Phi) is 2.59. The fourth-order valence-corrected chi connectivity index (χ4v) is 2.06. The van der Waals surface area contributed by atoms with Gasteiger partial charge in [-0.05, 0) is 18.8 Å². The van der Waals surface area contributed by atoms with Gasteiger partial charge in [0.1, 0.15) is 5.82 Å². The van der Waals surface area contributed by atoms with Gasteiger partial charge in [-0.15, -0.1) is 0 Å². The molecule has 3 heteroatoms. The lowest BCUT2D eigenvalue weighted by molar-refractivity contribution is 0.440. The van der Waals surface area contributed by atoms with E-state index >= 15 is 0 Å². The second-order valence-corrected chi connectivity index (χ2v) is 4.67. The standard InChI is InChI=1S/C11H19N3/c1-8(2)5-11-13-6-10-4-3-9(12)7-14(10)11/h6,8-9H,3-5,7,12H2,1-2H3. The highest BCUT2D eigenvalue weighted by molar-refractivity contribution is 5.09. The second kappa shape index (κ2) is 3.73. The van der Waals surface area contributed by atoms with Crippen molar-refractivity contribution in [2.24, 2.45) is 11.7 Å². The Labute approximate surface area is 85.3 Å². The van der Waals surface area contributed by atoms with Gasteiger partial charge in [-0.2, -0.15) is 0 Å². The van der Waals surface area contributed by atoms with E-state index < -0.39 is 0 Å². The lowest BCUT2D eigenvalue weighted by Gasteiger charge is -2.22. The quantitative estimate of drug-likeness (QED) is 0.770. The van der Waals surface area contributed by atoms with Gasteiger partial charge in [0.15, 0.2) is 0 Å². The molecule has 1 aromatic rings. The molecule has 0 aromatic carbocycles. The van der Waals surface area contributed by atoms with Crippen LogP contribution in [-0.2, 0) is 19.4 Å². The molecule has 0 fully saturated rings. The Morgan fingerprint density at radius 1 is 1.64 bits per heavy atom. The lowest BCUT2D eigenvalue weighted by atomic mass is 10.1. The van der Waals surface area contributed by atoms with Crippen LogP contribution in [0.3, 0.4) is 0 Å². The van der Waals surface area contributed by atoms with Crippen molar-refractivity contribution >= 4 is 0 Å². The second-order valence-electron chi connectivity index (χ2n) is 4.67. The van der Waals surface area contributed by atoms with Gasteiger partial charge in [0.05, 0.1) is 0 Å². The van der Waals surface area contributed by atoms with Gasteiger partial charge >= 0.3 is 0 Å². The number of aromatic nitrogens is 2. The summed E-state index contributed by atoms with van der Waals surface area (Å²) in [5.74, 6) is 1.88. The normalized spacial score (nSPS) is 21.3. The van der Waals surface area contributed by atoms with Crippen LogP contribution in [-0.4, -0.2) is 15.6 Å². The van der Waals surface area contributed by atoms with Gasteiger partial charge in [-0.3, -0.25) is 0 Å². The van der Waals surface area contributed by atoms with E-state index in [0.717, 1.165) is 25.8 Å². The maximum absolute atomic E-state index is 5.96. The number of hydrogen-bond acceptors (Lipinski definition) is 2. The maximum atomic E-state index is 5.96.